The monoisotopic (exact) mass is 475 g/mol. The summed E-state index contributed by atoms with van der Waals surface area (Å²) < 4.78 is 0. The molecule has 1 aliphatic heterocycles. The van der Waals surface area contributed by atoms with Gasteiger partial charge in [-0.1, -0.05) is 50.0 Å². The zero-order chi connectivity index (χ0) is 23.3. The molecule has 2 aliphatic rings. The van der Waals surface area contributed by atoms with E-state index in [0.717, 1.165) is 42.5 Å². The molecule has 1 saturated carbocycles. The highest BCUT2D eigenvalue weighted by molar-refractivity contribution is 6.31. The fourth-order valence-corrected chi connectivity index (χ4v) is 6.48. The van der Waals surface area contributed by atoms with Gasteiger partial charge in [-0.05, 0) is 66.5 Å². The number of carboxylic acid groups (broad SMARTS) is 1. The minimum Gasteiger partial charge on any atom is -0.480 e. The van der Waals surface area contributed by atoms with Gasteiger partial charge in [0.05, 0.1) is 0 Å². The molecule has 7 heteroatoms. The number of anilines is 1. The van der Waals surface area contributed by atoms with Crippen LogP contribution in [0.5, 0.6) is 0 Å². The second-order valence-electron chi connectivity index (χ2n) is 10.2. The zero-order valence-electron chi connectivity index (χ0n) is 19.0. The van der Waals surface area contributed by atoms with E-state index in [1.165, 1.54) is 0 Å². The van der Waals surface area contributed by atoms with Crippen molar-refractivity contribution in [3.05, 3.63) is 57.8 Å². The quantitative estimate of drug-likeness (QED) is 0.482. The predicted octanol–water partition coefficient (Wildman–Crippen LogP) is 5.87. The topological polar surface area (TPSA) is 74.2 Å². The number of pyridine rings is 1. The van der Waals surface area contributed by atoms with Gasteiger partial charge in [0.25, 0.3) is 0 Å². The summed E-state index contributed by atoms with van der Waals surface area (Å²) in [6.45, 7) is 6.80. The van der Waals surface area contributed by atoms with E-state index in [0.29, 0.717) is 10.2 Å². The van der Waals surface area contributed by atoms with Gasteiger partial charge in [0.1, 0.15) is 11.2 Å². The van der Waals surface area contributed by atoms with Crippen molar-refractivity contribution in [3.63, 3.8) is 0 Å². The highest BCUT2D eigenvalue weighted by atomic mass is 35.5. The molecule has 0 amide bonds. The van der Waals surface area contributed by atoms with Crippen LogP contribution in [0.4, 0.5) is 5.69 Å². The molecule has 3 N–H and O–H groups in total. The van der Waals surface area contributed by atoms with Crippen LogP contribution in [0.3, 0.4) is 0 Å². The molecule has 1 unspecified atom stereocenters. The lowest BCUT2D eigenvalue weighted by molar-refractivity contribution is -0.139. The van der Waals surface area contributed by atoms with E-state index in [9.17, 15) is 9.90 Å². The highest BCUT2D eigenvalue weighted by Crippen LogP contribution is 2.61. The first kappa shape index (κ1) is 23.3. The molecule has 4 rings (SSSR count). The molecule has 32 heavy (non-hydrogen) atoms. The lowest BCUT2D eigenvalue weighted by atomic mass is 9.54. The molecule has 2 heterocycles. The number of hydrogen-bond acceptors (Lipinski definition) is 4. The van der Waals surface area contributed by atoms with Crippen LogP contribution < -0.4 is 10.6 Å². The number of carbonyl (C=O) groups is 1. The van der Waals surface area contributed by atoms with Gasteiger partial charge in [0.15, 0.2) is 0 Å². The number of hydrogen-bond donors (Lipinski definition) is 3. The lowest BCUT2D eigenvalue weighted by Crippen LogP contribution is -2.57. The van der Waals surface area contributed by atoms with E-state index in [1.807, 2.05) is 31.3 Å². The van der Waals surface area contributed by atoms with Crippen LogP contribution >= 0.6 is 23.2 Å². The Bertz CT molecular complexity index is 1030. The smallest absolute Gasteiger partial charge is 0.321 e. The Balaban J connectivity index is 1.99. The first-order valence-corrected chi connectivity index (χ1v) is 11.9. The number of halogens is 2. The molecule has 0 radical (unpaired) electrons. The van der Waals surface area contributed by atoms with E-state index in [4.69, 9.17) is 23.2 Å². The van der Waals surface area contributed by atoms with Crippen LogP contribution in [0.15, 0.2) is 36.5 Å². The third kappa shape index (κ3) is 3.68. The Labute approximate surface area is 199 Å². The lowest BCUT2D eigenvalue weighted by Gasteiger charge is -2.52. The number of benzene rings is 1. The van der Waals surface area contributed by atoms with Crippen LogP contribution in [0.1, 0.15) is 63.5 Å². The van der Waals surface area contributed by atoms with Crippen LogP contribution in [-0.4, -0.2) is 34.7 Å². The summed E-state index contributed by atoms with van der Waals surface area (Å²) in [5.41, 5.74) is 2.19. The van der Waals surface area contributed by atoms with Crippen LogP contribution in [-0.2, 0) is 10.2 Å². The third-order valence-corrected chi connectivity index (χ3v) is 8.47. The standard InChI is InChI=1S/C25H31Cl2N3O2/c1-23(2)8-10-25(11-9-23)24(3,17-6-5-16(26)14-18(17)28-4)20(21(30-25)22(31)32)15-7-12-29-19(27)13-15/h5-7,12-14,20-21,28,30H,8-11H2,1-4H3,(H,31,32)/t20-,21+,24?/m0/s1. The molecule has 1 aliphatic carbocycles. The Morgan fingerprint density at radius 3 is 2.41 bits per heavy atom. The maximum absolute atomic E-state index is 12.6. The maximum atomic E-state index is 12.6. The number of nitrogens with one attached hydrogen (secondary N) is 2. The van der Waals surface area contributed by atoms with Crippen molar-refractivity contribution >= 4 is 34.9 Å². The molecule has 2 fully saturated rings. The molecule has 172 valence electrons. The SMILES string of the molecule is CNc1cc(Cl)ccc1C1(C)[C@@H](c2ccnc(Cl)c2)[C@H](C(=O)O)NC12CCC(C)(C)CC2. The van der Waals surface area contributed by atoms with E-state index in [1.54, 1.807) is 6.20 Å². The van der Waals surface area contributed by atoms with Crippen molar-refractivity contribution in [1.29, 1.82) is 0 Å². The minimum absolute atomic E-state index is 0.233. The molecular weight excluding hydrogens is 445 g/mol. The Morgan fingerprint density at radius 2 is 1.81 bits per heavy atom. The second kappa shape index (κ2) is 8.19. The van der Waals surface area contributed by atoms with E-state index in [2.05, 4.69) is 42.5 Å². The summed E-state index contributed by atoms with van der Waals surface area (Å²) >= 11 is 12.6. The molecule has 2 aromatic rings. The van der Waals surface area contributed by atoms with Crippen molar-refractivity contribution in [2.24, 2.45) is 5.41 Å². The third-order valence-electron chi connectivity index (χ3n) is 8.02. The van der Waals surface area contributed by atoms with Crippen molar-refractivity contribution < 1.29 is 9.90 Å². The van der Waals surface area contributed by atoms with Gasteiger partial charge in [-0.25, -0.2) is 4.98 Å². The molecule has 0 bridgehead atoms. The Hall–Kier alpha value is -1.82. The highest BCUT2D eigenvalue weighted by Gasteiger charge is 2.65. The number of carboxylic acids is 1. The number of rotatable bonds is 4. The second-order valence-corrected chi connectivity index (χ2v) is 11.1. The van der Waals surface area contributed by atoms with Gasteiger partial charge < -0.3 is 10.4 Å². The van der Waals surface area contributed by atoms with E-state index < -0.39 is 17.4 Å². The largest absolute Gasteiger partial charge is 0.480 e. The van der Waals surface area contributed by atoms with Gasteiger partial charge in [0, 0.05) is 40.8 Å². The summed E-state index contributed by atoms with van der Waals surface area (Å²) in [6, 6.07) is 8.83. The van der Waals surface area contributed by atoms with Gasteiger partial charge in [-0.3, -0.25) is 10.1 Å². The summed E-state index contributed by atoms with van der Waals surface area (Å²) in [6.07, 6.45) is 5.48. The van der Waals surface area contributed by atoms with Crippen molar-refractivity contribution in [1.82, 2.24) is 10.3 Å². The minimum atomic E-state index is -0.851. The summed E-state index contributed by atoms with van der Waals surface area (Å²) in [5.74, 6) is -1.19. The van der Waals surface area contributed by atoms with Gasteiger partial charge in [-0.2, -0.15) is 0 Å². The summed E-state index contributed by atoms with van der Waals surface area (Å²) in [4.78, 5) is 16.7. The number of aliphatic carboxylic acids is 1. The van der Waals surface area contributed by atoms with Crippen molar-refractivity contribution in [2.75, 3.05) is 12.4 Å². The summed E-state index contributed by atoms with van der Waals surface area (Å²) in [7, 11) is 1.88. The van der Waals surface area contributed by atoms with Gasteiger partial charge in [-0.15, -0.1) is 0 Å². The molecule has 3 atom stereocenters. The molecule has 1 spiro atoms. The average Bonchev–Trinajstić information content (AvgIpc) is 3.00. The van der Waals surface area contributed by atoms with Crippen molar-refractivity contribution in [2.45, 2.75) is 69.4 Å². The molecule has 5 nitrogen and oxygen atoms in total. The fraction of sp³-hybridized carbons (Fsp3) is 0.520. The van der Waals surface area contributed by atoms with Crippen LogP contribution in [0.25, 0.3) is 0 Å². The predicted molar refractivity (Wildman–Crippen MR) is 130 cm³/mol. The molecule has 1 saturated heterocycles. The van der Waals surface area contributed by atoms with Gasteiger partial charge in [0.2, 0.25) is 0 Å². The first-order valence-electron chi connectivity index (χ1n) is 11.1. The first-order chi connectivity index (χ1) is 15.0. The normalized spacial score (nSPS) is 28.6. The molecule has 1 aromatic carbocycles. The summed E-state index contributed by atoms with van der Waals surface area (Å²) in [5, 5.41) is 18.3. The number of aromatic nitrogens is 1. The Kier molecular flexibility index (Phi) is 5.98. The number of nitrogens with zero attached hydrogens (tertiary/aromatic N) is 1. The van der Waals surface area contributed by atoms with E-state index in [-0.39, 0.29) is 16.9 Å². The molecule has 1 aromatic heterocycles. The fourth-order valence-electron chi connectivity index (χ4n) is 6.12. The van der Waals surface area contributed by atoms with Crippen LogP contribution in [0.2, 0.25) is 10.2 Å². The zero-order valence-corrected chi connectivity index (χ0v) is 20.5. The van der Waals surface area contributed by atoms with Crippen LogP contribution in [0, 0.1) is 5.41 Å². The average molecular weight is 476 g/mol. The Morgan fingerprint density at radius 1 is 1.12 bits per heavy atom. The van der Waals surface area contributed by atoms with Gasteiger partial charge >= 0.3 is 5.97 Å². The van der Waals surface area contributed by atoms with Crippen molar-refractivity contribution in [3.8, 4) is 0 Å². The van der Waals surface area contributed by atoms with E-state index >= 15 is 0 Å². The molecular formula is C25H31Cl2N3O2. The maximum Gasteiger partial charge on any atom is 0.321 e.